The van der Waals surface area contributed by atoms with Crippen molar-refractivity contribution in [1.82, 2.24) is 29.5 Å². The van der Waals surface area contributed by atoms with Crippen LogP contribution in [0, 0.1) is 17.8 Å². The maximum absolute atomic E-state index is 15.1. The van der Waals surface area contributed by atoms with Gasteiger partial charge in [0, 0.05) is 18.5 Å². The van der Waals surface area contributed by atoms with Crippen molar-refractivity contribution in [2.45, 2.75) is 64.3 Å². The number of aromatic amines is 1. The molecule has 1 aliphatic carbocycles. The van der Waals surface area contributed by atoms with E-state index in [1.165, 1.54) is 23.4 Å². The van der Waals surface area contributed by atoms with Crippen LogP contribution < -0.4 is 16.2 Å². The maximum atomic E-state index is 15.1. The molecule has 1 saturated carbocycles. The number of rotatable bonds is 13. The van der Waals surface area contributed by atoms with E-state index in [1.54, 1.807) is 26.8 Å². The van der Waals surface area contributed by atoms with Gasteiger partial charge in [-0.2, -0.15) is 4.98 Å². The summed E-state index contributed by atoms with van der Waals surface area (Å²) in [6.45, 7) is 0.0111. The van der Waals surface area contributed by atoms with E-state index in [1.807, 2.05) is 0 Å². The molecule has 3 aromatic rings. The van der Waals surface area contributed by atoms with Crippen molar-refractivity contribution in [3.05, 3.63) is 35.3 Å². The van der Waals surface area contributed by atoms with Gasteiger partial charge in [-0.1, -0.05) is 33.0 Å². The van der Waals surface area contributed by atoms with E-state index in [2.05, 4.69) is 47.8 Å². The normalized spacial score (nSPS) is 28.7. The number of carbonyl (C=O) groups excluding carboxylic acids is 1. The molecule has 2 fully saturated rings. The molecule has 22 heteroatoms. The minimum absolute atomic E-state index is 0.0558. The van der Waals surface area contributed by atoms with Crippen molar-refractivity contribution in [1.29, 1.82) is 0 Å². The molecule has 0 radical (unpaired) electrons. The molecule has 2 aliphatic rings. The van der Waals surface area contributed by atoms with Gasteiger partial charge in [-0.05, 0) is 24.3 Å². The maximum Gasteiger partial charge on any atom is 0.472 e. The van der Waals surface area contributed by atoms with Gasteiger partial charge < -0.3 is 19.8 Å². The summed E-state index contributed by atoms with van der Waals surface area (Å²) in [6.07, 6.45) is -0.581. The summed E-state index contributed by atoms with van der Waals surface area (Å²) in [6, 6.07) is 0.985. The fraction of sp³-hybridized carbons (Fsp3) is 0.600. The molecule has 0 aromatic carbocycles. The number of imidazole rings is 1. The molecule has 1 aliphatic heterocycles. The molecule has 5 rings (SSSR count). The lowest BCUT2D eigenvalue weighted by molar-refractivity contribution is -0.118. The van der Waals surface area contributed by atoms with Crippen LogP contribution in [-0.4, -0.2) is 82.8 Å². The van der Waals surface area contributed by atoms with E-state index >= 15 is 4.39 Å². The number of hydrogen-bond donors (Lipinski definition) is 6. The number of aromatic nitrogens is 6. The number of fused-ring (bicyclic) bond motifs is 1. The quantitative estimate of drug-likeness (QED) is 0.110. The molecule has 1 amide bonds. The van der Waals surface area contributed by atoms with Gasteiger partial charge in [-0.15, -0.1) is 0 Å². The Hall–Kier alpha value is -2.80. The summed E-state index contributed by atoms with van der Waals surface area (Å²) >= 11 is 3.49. The monoisotopic (exact) mass is 720 g/mol. The zero-order valence-electron chi connectivity index (χ0n) is 25.4. The fourth-order valence-corrected chi connectivity index (χ4v) is 6.92. The van der Waals surface area contributed by atoms with Crippen LogP contribution in [0.3, 0.4) is 0 Å². The minimum Gasteiger partial charge on any atom is -0.364 e. The van der Waals surface area contributed by atoms with Crippen molar-refractivity contribution in [3.63, 3.8) is 0 Å². The van der Waals surface area contributed by atoms with Crippen LogP contribution in [0.5, 0.6) is 0 Å². The topological polar surface area (TPSA) is 242 Å². The highest BCUT2D eigenvalue weighted by molar-refractivity contribution is 8.44. The Morgan fingerprint density at radius 1 is 1.26 bits per heavy atom. The summed E-state index contributed by atoms with van der Waals surface area (Å²) in [5.74, 6) is -1.55. The first kappa shape index (κ1) is 35.5. The largest absolute Gasteiger partial charge is 0.472 e. The Labute approximate surface area is 272 Å². The Balaban J connectivity index is 1.33. The number of phosphoric ester groups is 1. The molecule has 47 heavy (non-hydrogen) atoms. The van der Waals surface area contributed by atoms with Crippen LogP contribution in [0.25, 0.3) is 11.2 Å². The first-order valence-corrected chi connectivity index (χ1v) is 18.8. The number of H-pyrrole nitrogens is 1. The van der Waals surface area contributed by atoms with E-state index in [9.17, 15) is 28.5 Å². The molecule has 4 heterocycles. The first-order valence-electron chi connectivity index (χ1n) is 14.6. The van der Waals surface area contributed by atoms with Crippen LogP contribution >= 0.6 is 26.9 Å². The highest BCUT2D eigenvalue weighted by atomic mass is 32.7. The van der Waals surface area contributed by atoms with Crippen LogP contribution in [0.4, 0.5) is 16.2 Å². The van der Waals surface area contributed by atoms with Gasteiger partial charge in [0.15, 0.2) is 17.4 Å². The number of amides is 1. The summed E-state index contributed by atoms with van der Waals surface area (Å²) < 4.78 is 63.0. The van der Waals surface area contributed by atoms with Crippen molar-refractivity contribution in [3.8, 4) is 0 Å². The van der Waals surface area contributed by atoms with Gasteiger partial charge in [0.05, 0.1) is 31.7 Å². The molecule has 0 spiro atoms. The number of carbonyl (C=O) groups is 1. The number of nitrogens with one attached hydrogen (secondary N) is 3. The van der Waals surface area contributed by atoms with Gasteiger partial charge in [0.1, 0.15) is 24.4 Å². The highest BCUT2D eigenvalue weighted by Gasteiger charge is 2.45. The predicted octanol–water partition coefficient (Wildman–Crippen LogP) is 2.82. The lowest BCUT2D eigenvalue weighted by Crippen LogP contribution is -2.28. The van der Waals surface area contributed by atoms with Gasteiger partial charge in [-0.25, -0.2) is 28.5 Å². The number of halogens is 1. The molecule has 5 N–H and O–H groups in total. The molecule has 3 unspecified atom stereocenters. The lowest BCUT2D eigenvalue weighted by atomic mass is 9.99. The highest BCUT2D eigenvalue weighted by Crippen LogP contribution is 2.52. The van der Waals surface area contributed by atoms with E-state index in [0.29, 0.717) is 5.82 Å². The SMILES string of the molecule is CC(C)C(=O)Nc1nc2c(ncn2[C@@H]2O[C@H](COP(=O)(O)S)C[C@H]2OP(=O)(O)OCC2C[C@@H](Nc3ccncn3)[C@H](F)[C@@H]2C)c(=O)[nH]1. The number of thiol groups is 1. The van der Waals surface area contributed by atoms with Gasteiger partial charge >= 0.3 is 14.6 Å². The number of alkyl halides is 1. The molecular weight excluding hydrogens is 685 g/mol. The number of nitrogens with zero attached hydrogens (tertiary/aromatic N) is 5. The first-order chi connectivity index (χ1) is 22.1. The third-order valence-corrected chi connectivity index (χ3v) is 9.71. The summed E-state index contributed by atoms with van der Waals surface area (Å²) in [5, 5.41) is 5.51. The van der Waals surface area contributed by atoms with Crippen molar-refractivity contribution < 1.29 is 46.4 Å². The second kappa shape index (κ2) is 14.4. The predicted molar refractivity (Wildman–Crippen MR) is 167 cm³/mol. The fourth-order valence-electron chi connectivity index (χ4n) is 5.39. The summed E-state index contributed by atoms with van der Waals surface area (Å²) in [7, 11) is -4.84. The second-order valence-corrected chi connectivity index (χ2v) is 15.8. The van der Waals surface area contributed by atoms with Crippen LogP contribution in [0.2, 0.25) is 0 Å². The second-order valence-electron chi connectivity index (χ2n) is 11.6. The van der Waals surface area contributed by atoms with Crippen LogP contribution in [-0.2, 0) is 32.2 Å². The molecule has 3 aromatic heterocycles. The average Bonchev–Trinajstić information content (AvgIpc) is 3.67. The number of ether oxygens (including phenoxy) is 1. The van der Waals surface area contributed by atoms with Gasteiger partial charge in [0.2, 0.25) is 11.9 Å². The molecule has 18 nitrogen and oxygen atoms in total. The van der Waals surface area contributed by atoms with Crippen molar-refractivity contribution >= 4 is 55.7 Å². The van der Waals surface area contributed by atoms with Crippen molar-refractivity contribution in [2.75, 3.05) is 23.8 Å². The van der Waals surface area contributed by atoms with E-state index in [-0.39, 0.29) is 36.6 Å². The van der Waals surface area contributed by atoms with E-state index in [4.69, 9.17) is 18.3 Å². The standard InChI is InChI=1S/C25H35FN8O10P2S/c1-12(2)22(35)32-25-31-21-20(23(36)33-25)29-11-34(21)24-17(7-15(43-24)9-42-46(39,40)47)44-45(37,38)41-8-14-6-16(19(26)13(14)3)30-18-4-5-27-10-28-18/h4-5,10-17,19,24H,6-9H2,1-3H3,(H,37,38)(H,27,28,30)(H2,39,40,47)(H2,31,32,33,35,36)/t13-,14?,15+,16-,17-,19-,24-/m1/s1. The zero-order valence-corrected chi connectivity index (χ0v) is 28.1. The lowest BCUT2D eigenvalue weighted by Gasteiger charge is -2.24. The molecule has 0 bridgehead atoms. The third-order valence-electron chi connectivity index (χ3n) is 7.87. The van der Waals surface area contributed by atoms with E-state index in [0.717, 1.165) is 0 Å². The number of anilines is 2. The zero-order chi connectivity index (χ0) is 34.1. The summed E-state index contributed by atoms with van der Waals surface area (Å²) in [5.41, 5.74) is -0.867. The summed E-state index contributed by atoms with van der Waals surface area (Å²) in [4.78, 5) is 63.9. The van der Waals surface area contributed by atoms with Gasteiger partial charge in [-0.3, -0.25) is 38.0 Å². The Morgan fingerprint density at radius 2 is 2.02 bits per heavy atom. The van der Waals surface area contributed by atoms with Gasteiger partial charge in [0.25, 0.3) is 5.56 Å². The number of phosphoric acid groups is 1. The smallest absolute Gasteiger partial charge is 0.364 e. The molecule has 9 atom stereocenters. The molecular formula is C25H35FN8O10P2S. The molecule has 1 saturated heterocycles. The number of hydrogen-bond acceptors (Lipinski definition) is 13. The average molecular weight is 721 g/mol. The minimum atomic E-state index is -4.84. The Kier molecular flexibility index (Phi) is 10.8. The van der Waals surface area contributed by atoms with Crippen LogP contribution in [0.15, 0.2) is 29.7 Å². The Bertz CT molecular complexity index is 1730. The van der Waals surface area contributed by atoms with Crippen molar-refractivity contribution in [2.24, 2.45) is 17.8 Å². The third kappa shape index (κ3) is 8.82. The van der Waals surface area contributed by atoms with Crippen LogP contribution in [0.1, 0.15) is 39.8 Å². The Morgan fingerprint density at radius 3 is 2.70 bits per heavy atom. The molecule has 258 valence electrons. The van der Waals surface area contributed by atoms with E-state index < -0.39 is 81.1 Å².